The van der Waals surface area contributed by atoms with Crippen molar-refractivity contribution < 1.29 is 18.3 Å². The molecular formula is C37H36ClNO4S. The fourth-order valence-electron chi connectivity index (χ4n) is 5.27. The normalized spacial score (nSPS) is 12.9. The van der Waals surface area contributed by atoms with E-state index in [0.29, 0.717) is 30.3 Å². The van der Waals surface area contributed by atoms with Crippen molar-refractivity contribution in [3.05, 3.63) is 149 Å². The van der Waals surface area contributed by atoms with Crippen molar-refractivity contribution in [1.82, 2.24) is 5.32 Å². The van der Waals surface area contributed by atoms with Gasteiger partial charge in [-0.2, -0.15) is 0 Å². The van der Waals surface area contributed by atoms with Crippen LogP contribution in [0.4, 0.5) is 0 Å². The molecule has 0 amide bonds. The summed E-state index contributed by atoms with van der Waals surface area (Å²) in [7, 11) is -3.68. The van der Waals surface area contributed by atoms with Gasteiger partial charge < -0.3 is 15.2 Å². The molecule has 0 radical (unpaired) electrons. The van der Waals surface area contributed by atoms with Crippen LogP contribution in [0.5, 0.6) is 5.75 Å². The number of hydrogen-bond donors (Lipinski definition) is 2. The predicted molar refractivity (Wildman–Crippen MR) is 177 cm³/mol. The average molecular weight is 626 g/mol. The van der Waals surface area contributed by atoms with Gasteiger partial charge in [0, 0.05) is 17.6 Å². The Labute approximate surface area is 265 Å². The van der Waals surface area contributed by atoms with Crippen molar-refractivity contribution >= 4 is 21.4 Å². The molecule has 7 heteroatoms. The third-order valence-corrected chi connectivity index (χ3v) is 9.68. The Hall–Kier alpha value is -3.94. The maximum absolute atomic E-state index is 13.3. The summed E-state index contributed by atoms with van der Waals surface area (Å²) in [5, 5.41) is 15.2. The minimum absolute atomic E-state index is 0.206. The van der Waals surface area contributed by atoms with Crippen LogP contribution in [0.15, 0.2) is 137 Å². The number of hydrogen-bond acceptors (Lipinski definition) is 5. The zero-order chi connectivity index (χ0) is 30.9. The number of nitrogens with one attached hydrogen (secondary N) is 1. The molecule has 0 heterocycles. The van der Waals surface area contributed by atoms with Crippen molar-refractivity contribution in [2.75, 3.05) is 13.2 Å². The second-order valence-corrected chi connectivity index (χ2v) is 13.0. The molecule has 5 aromatic rings. The first-order valence-electron chi connectivity index (χ1n) is 14.7. The van der Waals surface area contributed by atoms with E-state index in [1.165, 1.54) is 5.56 Å². The summed E-state index contributed by atoms with van der Waals surface area (Å²) in [4.78, 5) is 0.452. The van der Waals surface area contributed by atoms with E-state index in [2.05, 4.69) is 24.4 Å². The van der Waals surface area contributed by atoms with Gasteiger partial charge >= 0.3 is 0 Å². The number of halogens is 1. The van der Waals surface area contributed by atoms with E-state index in [1.807, 2.05) is 66.7 Å². The first-order valence-corrected chi connectivity index (χ1v) is 16.6. The minimum atomic E-state index is -3.68. The molecule has 226 valence electrons. The molecule has 0 aromatic heterocycles. The molecule has 1 unspecified atom stereocenters. The molecule has 2 N–H and O–H groups in total. The Kier molecular flexibility index (Phi) is 10.5. The fraction of sp³-hybridized carbons (Fsp3) is 0.189. The van der Waals surface area contributed by atoms with Gasteiger partial charge in [-0.05, 0) is 89.2 Å². The quantitative estimate of drug-likeness (QED) is 0.131. The maximum Gasteiger partial charge on any atom is 0.206 e. The summed E-state index contributed by atoms with van der Waals surface area (Å²) in [5.41, 5.74) is 5.16. The summed E-state index contributed by atoms with van der Waals surface area (Å²) in [6.07, 6.45) is 0.751. The van der Waals surface area contributed by atoms with E-state index in [-0.39, 0.29) is 15.8 Å². The second-order valence-electron chi connectivity index (χ2n) is 10.6. The van der Waals surface area contributed by atoms with Gasteiger partial charge in [-0.25, -0.2) is 8.42 Å². The molecule has 5 nitrogen and oxygen atoms in total. The highest BCUT2D eigenvalue weighted by molar-refractivity contribution is 7.91. The van der Waals surface area contributed by atoms with Crippen molar-refractivity contribution in [2.24, 2.45) is 0 Å². The Balaban J connectivity index is 1.20. The molecule has 5 rings (SSSR count). The predicted octanol–water partition coefficient (Wildman–Crippen LogP) is 7.72. The van der Waals surface area contributed by atoms with Crippen LogP contribution in [-0.4, -0.2) is 32.7 Å². The topological polar surface area (TPSA) is 75.6 Å². The summed E-state index contributed by atoms with van der Waals surface area (Å²) in [6, 6.07) is 38.6. The number of ether oxygens (including phenoxy) is 1. The lowest BCUT2D eigenvalue weighted by molar-refractivity contribution is 0.125. The minimum Gasteiger partial charge on any atom is -0.492 e. The van der Waals surface area contributed by atoms with Gasteiger partial charge in [-0.1, -0.05) is 97.4 Å². The lowest BCUT2D eigenvalue weighted by atomic mass is 9.96. The molecular weight excluding hydrogens is 590 g/mol. The fourth-order valence-corrected chi connectivity index (χ4v) is 6.73. The molecule has 0 aliphatic rings. The number of aliphatic hydroxyl groups is 1. The monoisotopic (exact) mass is 625 g/mol. The molecule has 0 aliphatic carbocycles. The van der Waals surface area contributed by atoms with E-state index < -0.39 is 15.9 Å². The highest BCUT2D eigenvalue weighted by Gasteiger charge is 2.22. The van der Waals surface area contributed by atoms with Crippen LogP contribution >= 0.6 is 11.6 Å². The summed E-state index contributed by atoms with van der Waals surface area (Å²) in [6.45, 7) is 2.92. The van der Waals surface area contributed by atoms with Gasteiger partial charge in [0.1, 0.15) is 12.4 Å². The Bertz CT molecular complexity index is 1760. The van der Waals surface area contributed by atoms with Crippen molar-refractivity contribution in [3.63, 3.8) is 0 Å². The van der Waals surface area contributed by atoms with Gasteiger partial charge in [0.25, 0.3) is 0 Å². The Morgan fingerprint density at radius 1 is 0.795 bits per heavy atom. The lowest BCUT2D eigenvalue weighted by Gasteiger charge is -2.25. The SMILES string of the molecule is CCc1ccccc1-c1ccc(S(=O)(=O)c2ccc(OCCNC(Cc3ccccc3)[C@H](O)c3cccc(Cl)c3)cc2)cc1. The van der Waals surface area contributed by atoms with Crippen molar-refractivity contribution in [1.29, 1.82) is 0 Å². The van der Waals surface area contributed by atoms with Crippen LogP contribution < -0.4 is 10.1 Å². The molecule has 0 spiro atoms. The van der Waals surface area contributed by atoms with E-state index in [9.17, 15) is 13.5 Å². The third kappa shape index (κ3) is 7.76. The third-order valence-electron chi connectivity index (χ3n) is 7.66. The molecule has 0 saturated heterocycles. The summed E-state index contributed by atoms with van der Waals surface area (Å²) in [5.74, 6) is 0.562. The lowest BCUT2D eigenvalue weighted by Crippen LogP contribution is -2.39. The Morgan fingerprint density at radius 2 is 1.45 bits per heavy atom. The number of sulfone groups is 1. The summed E-state index contributed by atoms with van der Waals surface area (Å²) < 4.78 is 32.6. The van der Waals surface area contributed by atoms with Gasteiger partial charge in [0.2, 0.25) is 9.84 Å². The van der Waals surface area contributed by atoms with Gasteiger partial charge in [-0.15, -0.1) is 0 Å². The average Bonchev–Trinajstić information content (AvgIpc) is 3.06. The van der Waals surface area contributed by atoms with Crippen LogP contribution in [0.2, 0.25) is 5.02 Å². The first-order chi connectivity index (χ1) is 21.3. The molecule has 0 saturated carbocycles. The highest BCUT2D eigenvalue weighted by Crippen LogP contribution is 2.28. The van der Waals surface area contributed by atoms with Crippen LogP contribution in [-0.2, 0) is 22.7 Å². The Morgan fingerprint density at radius 3 is 2.14 bits per heavy atom. The van der Waals surface area contributed by atoms with Crippen LogP contribution in [0, 0.1) is 0 Å². The smallest absolute Gasteiger partial charge is 0.206 e. The highest BCUT2D eigenvalue weighted by atomic mass is 35.5. The van der Waals surface area contributed by atoms with E-state index in [0.717, 1.165) is 28.7 Å². The molecule has 5 aromatic carbocycles. The molecule has 0 aliphatic heterocycles. The number of aliphatic hydroxyl groups excluding tert-OH is 1. The van der Waals surface area contributed by atoms with Gasteiger partial charge in [0.05, 0.1) is 15.9 Å². The van der Waals surface area contributed by atoms with E-state index in [4.69, 9.17) is 16.3 Å². The molecule has 0 bridgehead atoms. The standard InChI is InChI=1S/C37H36ClNO4S/c1-2-28-11-6-7-14-35(28)29-15-19-33(20-16-29)44(41,42)34-21-17-32(18-22-34)43-24-23-39-36(25-27-9-4-3-5-10-27)37(40)30-12-8-13-31(38)26-30/h3-22,26,36-37,39-40H,2,23-25H2,1H3/t36?,37-/m1/s1. The maximum atomic E-state index is 13.3. The van der Waals surface area contributed by atoms with Gasteiger partial charge in [0.15, 0.2) is 0 Å². The van der Waals surface area contributed by atoms with E-state index in [1.54, 1.807) is 48.5 Å². The van der Waals surface area contributed by atoms with Crippen molar-refractivity contribution in [3.8, 4) is 16.9 Å². The zero-order valence-electron chi connectivity index (χ0n) is 24.6. The number of aryl methyl sites for hydroxylation is 1. The van der Waals surface area contributed by atoms with Crippen LogP contribution in [0.3, 0.4) is 0 Å². The second kappa shape index (κ2) is 14.7. The van der Waals surface area contributed by atoms with Crippen molar-refractivity contribution in [2.45, 2.75) is 41.7 Å². The number of benzene rings is 5. The van der Waals surface area contributed by atoms with Crippen LogP contribution in [0.25, 0.3) is 11.1 Å². The van der Waals surface area contributed by atoms with Crippen LogP contribution in [0.1, 0.15) is 29.7 Å². The number of rotatable bonds is 13. The first kappa shape index (κ1) is 31.5. The molecule has 2 atom stereocenters. The molecule has 44 heavy (non-hydrogen) atoms. The van der Waals surface area contributed by atoms with Gasteiger partial charge in [-0.3, -0.25) is 0 Å². The largest absolute Gasteiger partial charge is 0.492 e. The molecule has 0 fully saturated rings. The van der Waals surface area contributed by atoms with E-state index >= 15 is 0 Å². The summed E-state index contributed by atoms with van der Waals surface area (Å²) >= 11 is 6.17. The zero-order valence-corrected chi connectivity index (χ0v) is 26.1.